The topological polar surface area (TPSA) is 71.3 Å². The third-order valence-electron chi connectivity index (χ3n) is 3.05. The smallest absolute Gasteiger partial charge is 0.254 e. The highest BCUT2D eigenvalue weighted by atomic mass is 16.3. The summed E-state index contributed by atoms with van der Waals surface area (Å²) in [7, 11) is 0. The molecule has 1 aromatic heterocycles. The molecule has 0 radical (unpaired) electrons. The van der Waals surface area contributed by atoms with Crippen LogP contribution in [-0.4, -0.2) is 18.4 Å². The van der Waals surface area contributed by atoms with Gasteiger partial charge >= 0.3 is 0 Å². The summed E-state index contributed by atoms with van der Waals surface area (Å²) in [5.74, 6) is -0.165. The van der Waals surface area contributed by atoms with Crippen LogP contribution in [0.1, 0.15) is 35.7 Å². The van der Waals surface area contributed by atoms with Crippen molar-refractivity contribution in [2.24, 2.45) is 0 Å². The van der Waals surface area contributed by atoms with E-state index in [4.69, 9.17) is 4.42 Å². The van der Waals surface area contributed by atoms with E-state index in [0.717, 1.165) is 0 Å². The van der Waals surface area contributed by atoms with Crippen LogP contribution in [-0.2, 0) is 4.79 Å². The molecule has 0 spiro atoms. The minimum atomic E-state index is -0.339. The number of nitrogens with one attached hydrogen (secondary N) is 2. The third kappa shape index (κ3) is 4.21. The molecule has 1 aromatic carbocycles. The molecule has 0 aliphatic carbocycles. The van der Waals surface area contributed by atoms with Gasteiger partial charge in [0.25, 0.3) is 5.91 Å². The highest BCUT2D eigenvalue weighted by molar-refractivity contribution is 5.99. The van der Waals surface area contributed by atoms with E-state index < -0.39 is 0 Å². The number of hydrogen-bond acceptors (Lipinski definition) is 3. The van der Waals surface area contributed by atoms with Crippen LogP contribution in [0.15, 0.2) is 47.3 Å². The van der Waals surface area contributed by atoms with Crippen LogP contribution in [0.2, 0.25) is 0 Å². The Morgan fingerprint density at radius 1 is 1.14 bits per heavy atom. The molecule has 21 heavy (non-hydrogen) atoms. The lowest BCUT2D eigenvalue weighted by atomic mass is 10.0. The maximum absolute atomic E-state index is 11.8. The molecule has 5 nitrogen and oxygen atoms in total. The molecule has 5 heteroatoms. The Kier molecular flexibility index (Phi) is 4.77. The Bertz CT molecular complexity index is 601. The van der Waals surface area contributed by atoms with Gasteiger partial charge in [0, 0.05) is 5.69 Å². The Labute approximate surface area is 123 Å². The molecule has 0 saturated carbocycles. The van der Waals surface area contributed by atoms with Gasteiger partial charge in [-0.05, 0) is 29.7 Å². The van der Waals surface area contributed by atoms with Crippen molar-refractivity contribution < 1.29 is 14.0 Å². The van der Waals surface area contributed by atoms with E-state index in [1.165, 1.54) is 24.2 Å². The number of carbonyl (C=O) groups is 2. The number of hydrogen-bond donors (Lipinski definition) is 2. The third-order valence-corrected chi connectivity index (χ3v) is 3.05. The van der Waals surface area contributed by atoms with E-state index in [-0.39, 0.29) is 18.4 Å². The van der Waals surface area contributed by atoms with Gasteiger partial charge in [-0.1, -0.05) is 26.0 Å². The van der Waals surface area contributed by atoms with Gasteiger partial charge in [-0.2, -0.15) is 0 Å². The van der Waals surface area contributed by atoms with E-state index in [2.05, 4.69) is 24.5 Å². The summed E-state index contributed by atoms with van der Waals surface area (Å²) in [5, 5.41) is 5.26. The van der Waals surface area contributed by atoms with Crippen molar-refractivity contribution in [1.29, 1.82) is 0 Å². The molecule has 0 aliphatic rings. The molecule has 0 aliphatic heterocycles. The molecule has 2 N–H and O–H groups in total. The van der Waals surface area contributed by atoms with Crippen LogP contribution < -0.4 is 10.6 Å². The molecule has 2 amide bonds. The lowest BCUT2D eigenvalue weighted by Crippen LogP contribution is -2.32. The van der Waals surface area contributed by atoms with Gasteiger partial charge in [-0.15, -0.1) is 0 Å². The number of anilines is 1. The first-order chi connectivity index (χ1) is 10.1. The van der Waals surface area contributed by atoms with Crippen molar-refractivity contribution in [2.45, 2.75) is 19.8 Å². The monoisotopic (exact) mass is 286 g/mol. The molecule has 110 valence electrons. The molecule has 0 bridgehead atoms. The first kappa shape index (κ1) is 14.8. The number of rotatable bonds is 5. The van der Waals surface area contributed by atoms with Crippen LogP contribution in [0, 0.1) is 0 Å². The predicted octanol–water partition coefficient (Wildman–Crippen LogP) is 2.77. The van der Waals surface area contributed by atoms with E-state index in [0.29, 0.717) is 17.2 Å². The summed E-state index contributed by atoms with van der Waals surface area (Å²) < 4.78 is 4.81. The molecular formula is C16H18N2O3. The Balaban J connectivity index is 1.83. The SMILES string of the molecule is CC(C)c1ccc(NC(=O)CNC(=O)c2ccoc2)cc1. The molecule has 1 heterocycles. The molecule has 2 rings (SSSR count). The minimum absolute atomic E-state index is 0.0874. The van der Waals surface area contributed by atoms with Crippen LogP contribution in [0.4, 0.5) is 5.69 Å². The normalized spacial score (nSPS) is 10.4. The average molecular weight is 286 g/mol. The number of amides is 2. The quantitative estimate of drug-likeness (QED) is 0.887. The highest BCUT2D eigenvalue weighted by Gasteiger charge is 2.09. The van der Waals surface area contributed by atoms with Crippen molar-refractivity contribution in [3.63, 3.8) is 0 Å². The van der Waals surface area contributed by atoms with Crippen LogP contribution in [0.25, 0.3) is 0 Å². The molecule has 0 fully saturated rings. The summed E-state index contributed by atoms with van der Waals surface area (Å²) in [6, 6.07) is 9.20. The fraction of sp³-hybridized carbons (Fsp3) is 0.250. The summed E-state index contributed by atoms with van der Waals surface area (Å²) in [6.07, 6.45) is 2.74. The van der Waals surface area contributed by atoms with Gasteiger partial charge in [0.05, 0.1) is 18.4 Å². The Morgan fingerprint density at radius 2 is 1.86 bits per heavy atom. The molecular weight excluding hydrogens is 268 g/mol. The van der Waals surface area contributed by atoms with Crippen molar-refractivity contribution in [3.8, 4) is 0 Å². The molecule has 2 aromatic rings. The molecule has 0 saturated heterocycles. The first-order valence-electron chi connectivity index (χ1n) is 6.76. The van der Waals surface area contributed by atoms with Crippen LogP contribution in [0.3, 0.4) is 0 Å². The van der Waals surface area contributed by atoms with Crippen LogP contribution in [0.5, 0.6) is 0 Å². The zero-order valence-corrected chi connectivity index (χ0v) is 12.1. The lowest BCUT2D eigenvalue weighted by molar-refractivity contribution is -0.115. The summed E-state index contributed by atoms with van der Waals surface area (Å²) in [4.78, 5) is 23.4. The minimum Gasteiger partial charge on any atom is -0.472 e. The van der Waals surface area contributed by atoms with Gasteiger partial charge in [0.15, 0.2) is 0 Å². The van der Waals surface area contributed by atoms with E-state index >= 15 is 0 Å². The number of carbonyl (C=O) groups excluding carboxylic acids is 2. The van der Waals surface area contributed by atoms with Crippen molar-refractivity contribution >= 4 is 17.5 Å². The van der Waals surface area contributed by atoms with Crippen molar-refractivity contribution in [1.82, 2.24) is 5.32 Å². The fourth-order valence-corrected chi connectivity index (χ4v) is 1.81. The second-order valence-corrected chi connectivity index (χ2v) is 5.02. The standard InChI is InChI=1S/C16H18N2O3/c1-11(2)12-3-5-14(6-4-12)18-15(19)9-17-16(20)13-7-8-21-10-13/h3-8,10-11H,9H2,1-2H3,(H,17,20)(H,18,19). The fourth-order valence-electron chi connectivity index (χ4n) is 1.81. The lowest BCUT2D eigenvalue weighted by Gasteiger charge is -2.09. The Morgan fingerprint density at radius 3 is 2.43 bits per heavy atom. The van der Waals surface area contributed by atoms with Gasteiger partial charge in [0.2, 0.25) is 5.91 Å². The summed E-state index contributed by atoms with van der Waals surface area (Å²) >= 11 is 0. The second-order valence-electron chi connectivity index (χ2n) is 5.02. The van der Waals surface area contributed by atoms with Gasteiger partial charge < -0.3 is 15.1 Å². The molecule has 0 atom stereocenters. The number of benzene rings is 1. The maximum Gasteiger partial charge on any atom is 0.254 e. The number of furan rings is 1. The van der Waals surface area contributed by atoms with Gasteiger partial charge in [-0.25, -0.2) is 0 Å². The van der Waals surface area contributed by atoms with Crippen molar-refractivity contribution in [3.05, 3.63) is 54.0 Å². The van der Waals surface area contributed by atoms with E-state index in [1.807, 2.05) is 24.3 Å². The maximum atomic E-state index is 11.8. The van der Waals surface area contributed by atoms with E-state index in [9.17, 15) is 9.59 Å². The van der Waals surface area contributed by atoms with Gasteiger partial charge in [0.1, 0.15) is 6.26 Å². The molecule has 0 unspecified atom stereocenters. The Hall–Kier alpha value is -2.56. The van der Waals surface area contributed by atoms with Gasteiger partial charge in [-0.3, -0.25) is 9.59 Å². The summed E-state index contributed by atoms with van der Waals surface area (Å²) in [5.41, 5.74) is 2.31. The predicted molar refractivity (Wildman–Crippen MR) is 80.2 cm³/mol. The van der Waals surface area contributed by atoms with Crippen molar-refractivity contribution in [2.75, 3.05) is 11.9 Å². The first-order valence-corrected chi connectivity index (χ1v) is 6.76. The average Bonchev–Trinajstić information content (AvgIpc) is 2.99. The largest absolute Gasteiger partial charge is 0.472 e. The van der Waals surface area contributed by atoms with E-state index in [1.54, 1.807) is 0 Å². The zero-order chi connectivity index (χ0) is 15.2. The second kappa shape index (κ2) is 6.74. The summed E-state index contributed by atoms with van der Waals surface area (Å²) in [6.45, 7) is 4.13. The zero-order valence-electron chi connectivity index (χ0n) is 12.1. The highest BCUT2D eigenvalue weighted by Crippen LogP contribution is 2.16. The van der Waals surface area contributed by atoms with Crippen LogP contribution >= 0.6 is 0 Å².